The van der Waals surface area contributed by atoms with Gasteiger partial charge in [-0.15, -0.1) is 0 Å². The molecule has 4 aromatic carbocycles. The van der Waals surface area contributed by atoms with E-state index >= 15 is 0 Å². The van der Waals surface area contributed by atoms with Crippen LogP contribution in [0.25, 0.3) is 0 Å². The molecule has 0 aliphatic carbocycles. The van der Waals surface area contributed by atoms with Crippen LogP contribution in [-0.2, 0) is 26.2 Å². The summed E-state index contributed by atoms with van der Waals surface area (Å²) in [6.45, 7) is 1.81. The van der Waals surface area contributed by atoms with Gasteiger partial charge in [-0.1, -0.05) is 72.8 Å². The van der Waals surface area contributed by atoms with Gasteiger partial charge in [0.05, 0.1) is 17.1 Å². The summed E-state index contributed by atoms with van der Waals surface area (Å²) < 4.78 is 40.0. The van der Waals surface area contributed by atoms with Gasteiger partial charge in [0, 0.05) is 12.6 Å². The molecule has 0 unspecified atom stereocenters. The third-order valence-electron chi connectivity index (χ3n) is 6.80. The molecule has 1 heterocycles. The number of amides is 2. The number of nitrogens with one attached hydrogen (secondary N) is 2. The van der Waals surface area contributed by atoms with Crippen molar-refractivity contribution in [1.82, 2.24) is 10.0 Å². The zero-order valence-corrected chi connectivity index (χ0v) is 23.8. The molecule has 5 rings (SSSR count). The van der Waals surface area contributed by atoms with Crippen LogP contribution in [0.5, 0.6) is 11.5 Å². The SMILES string of the molecule is C[C@H](NS(=O)(=O)c1ccc(OCC(=O)N2C[C@H](C(=O)NCc3ccccc3)Oc3ccccc32)cc1)c1ccccc1. The lowest BCUT2D eigenvalue weighted by Gasteiger charge is -2.34. The van der Waals surface area contributed by atoms with E-state index in [9.17, 15) is 18.0 Å². The van der Waals surface area contributed by atoms with Gasteiger partial charge in [-0.25, -0.2) is 13.1 Å². The van der Waals surface area contributed by atoms with E-state index in [1.165, 1.54) is 29.2 Å². The predicted octanol–water partition coefficient (Wildman–Crippen LogP) is 4.22. The second-order valence-corrected chi connectivity index (χ2v) is 11.5. The summed E-state index contributed by atoms with van der Waals surface area (Å²) >= 11 is 0. The minimum Gasteiger partial charge on any atom is -0.484 e. The van der Waals surface area contributed by atoms with Crippen molar-refractivity contribution in [3.8, 4) is 11.5 Å². The number of para-hydroxylation sites is 2. The molecule has 2 amide bonds. The average Bonchev–Trinajstić information content (AvgIpc) is 3.02. The Bertz CT molecular complexity index is 1630. The maximum atomic E-state index is 13.3. The highest BCUT2D eigenvalue weighted by Gasteiger charge is 2.34. The molecule has 0 aromatic heterocycles. The molecule has 42 heavy (non-hydrogen) atoms. The maximum Gasteiger partial charge on any atom is 0.265 e. The summed E-state index contributed by atoms with van der Waals surface area (Å²) in [5.41, 5.74) is 2.34. The average molecular weight is 586 g/mol. The van der Waals surface area contributed by atoms with E-state index in [4.69, 9.17) is 9.47 Å². The first-order valence-corrected chi connectivity index (χ1v) is 15.0. The first-order valence-electron chi connectivity index (χ1n) is 13.5. The standard InChI is InChI=1S/C32H31N3O6S/c1-23(25-12-6-3-7-13-25)34-42(38,39)27-18-16-26(17-19-27)40-22-31(36)35-21-30(41-29-15-9-8-14-28(29)35)32(37)33-20-24-10-4-2-5-11-24/h2-19,23,30,34H,20-22H2,1H3,(H,33,37)/t23-,30+/m0/s1. The van der Waals surface area contributed by atoms with E-state index in [-0.39, 0.29) is 29.9 Å². The summed E-state index contributed by atoms with van der Waals surface area (Å²) in [6, 6.07) is 31.2. The molecule has 4 aromatic rings. The number of hydrogen-bond donors (Lipinski definition) is 2. The van der Waals surface area contributed by atoms with Gasteiger partial charge in [-0.3, -0.25) is 9.59 Å². The number of rotatable bonds is 10. The molecule has 0 saturated carbocycles. The number of hydrogen-bond acceptors (Lipinski definition) is 6. The molecule has 0 spiro atoms. The summed E-state index contributed by atoms with van der Waals surface area (Å²) in [5, 5.41) is 2.87. The van der Waals surface area contributed by atoms with E-state index in [1.54, 1.807) is 31.2 Å². The number of anilines is 1. The highest BCUT2D eigenvalue weighted by Crippen LogP contribution is 2.33. The first-order chi connectivity index (χ1) is 20.3. The van der Waals surface area contributed by atoms with Gasteiger partial charge in [-0.05, 0) is 54.4 Å². The number of nitrogens with zero attached hydrogens (tertiary/aromatic N) is 1. The Morgan fingerprint density at radius 1 is 0.905 bits per heavy atom. The van der Waals surface area contributed by atoms with Gasteiger partial charge in [-0.2, -0.15) is 0 Å². The molecule has 2 N–H and O–H groups in total. The predicted molar refractivity (Wildman–Crippen MR) is 159 cm³/mol. The number of ether oxygens (including phenoxy) is 2. The van der Waals surface area contributed by atoms with Gasteiger partial charge in [0.15, 0.2) is 12.7 Å². The van der Waals surface area contributed by atoms with Crippen molar-refractivity contribution in [2.45, 2.75) is 30.5 Å². The number of sulfonamides is 1. The molecule has 10 heteroatoms. The van der Waals surface area contributed by atoms with Crippen molar-refractivity contribution in [3.05, 3.63) is 120 Å². The molecule has 9 nitrogen and oxygen atoms in total. The van der Waals surface area contributed by atoms with Crippen LogP contribution in [0, 0.1) is 0 Å². The van der Waals surface area contributed by atoms with E-state index in [0.717, 1.165) is 11.1 Å². The van der Waals surface area contributed by atoms with E-state index in [1.807, 2.05) is 60.7 Å². The van der Waals surface area contributed by atoms with Crippen molar-refractivity contribution in [3.63, 3.8) is 0 Å². The van der Waals surface area contributed by atoms with Crippen molar-refractivity contribution >= 4 is 27.5 Å². The Balaban J connectivity index is 1.20. The Morgan fingerprint density at radius 2 is 1.55 bits per heavy atom. The number of carbonyl (C=O) groups is 2. The molecule has 0 radical (unpaired) electrons. The number of fused-ring (bicyclic) bond motifs is 1. The minimum atomic E-state index is -3.78. The molecular formula is C32H31N3O6S. The molecular weight excluding hydrogens is 554 g/mol. The van der Waals surface area contributed by atoms with Crippen LogP contribution >= 0.6 is 0 Å². The highest BCUT2D eigenvalue weighted by atomic mass is 32.2. The molecule has 0 bridgehead atoms. The second kappa shape index (κ2) is 12.9. The lowest BCUT2D eigenvalue weighted by atomic mass is 10.1. The maximum absolute atomic E-state index is 13.3. The van der Waals surface area contributed by atoms with Crippen LogP contribution in [0.2, 0.25) is 0 Å². The zero-order valence-electron chi connectivity index (χ0n) is 23.0. The van der Waals surface area contributed by atoms with Crippen LogP contribution in [0.15, 0.2) is 114 Å². The summed E-state index contributed by atoms with van der Waals surface area (Å²) in [5.74, 6) is 0.0431. The third kappa shape index (κ3) is 6.96. The van der Waals surface area contributed by atoms with Crippen LogP contribution in [0.3, 0.4) is 0 Å². The van der Waals surface area contributed by atoms with Gasteiger partial charge in [0.25, 0.3) is 11.8 Å². The van der Waals surface area contributed by atoms with E-state index in [2.05, 4.69) is 10.0 Å². The zero-order chi connectivity index (χ0) is 29.5. The molecule has 216 valence electrons. The minimum absolute atomic E-state index is 0.0162. The van der Waals surface area contributed by atoms with Gasteiger partial charge in [0.1, 0.15) is 11.5 Å². The monoisotopic (exact) mass is 585 g/mol. The lowest BCUT2D eigenvalue weighted by molar-refractivity contribution is -0.128. The fraction of sp³-hybridized carbons (Fsp3) is 0.188. The summed E-state index contributed by atoms with van der Waals surface area (Å²) in [4.78, 5) is 27.8. The fourth-order valence-corrected chi connectivity index (χ4v) is 5.79. The van der Waals surface area contributed by atoms with Gasteiger partial charge >= 0.3 is 0 Å². The topological polar surface area (TPSA) is 114 Å². The largest absolute Gasteiger partial charge is 0.484 e. The molecule has 2 atom stereocenters. The van der Waals surface area contributed by atoms with E-state index < -0.39 is 22.2 Å². The lowest BCUT2D eigenvalue weighted by Crippen LogP contribution is -2.51. The Kier molecular flexibility index (Phi) is 8.85. The Morgan fingerprint density at radius 3 is 2.26 bits per heavy atom. The Hall–Kier alpha value is -4.67. The van der Waals surface area contributed by atoms with Crippen molar-refractivity contribution in [1.29, 1.82) is 0 Å². The molecule has 1 aliphatic heterocycles. The number of carbonyl (C=O) groups excluding carboxylic acids is 2. The number of benzene rings is 4. The molecule has 0 saturated heterocycles. The van der Waals surface area contributed by atoms with Crippen molar-refractivity contribution in [2.75, 3.05) is 18.1 Å². The fourth-order valence-electron chi connectivity index (χ4n) is 4.55. The third-order valence-corrected chi connectivity index (χ3v) is 8.36. The van der Waals surface area contributed by atoms with Crippen LogP contribution in [0.4, 0.5) is 5.69 Å². The molecule has 0 fully saturated rings. The quantitative estimate of drug-likeness (QED) is 0.288. The summed E-state index contributed by atoms with van der Waals surface area (Å²) in [6.07, 6.45) is -0.900. The Labute approximate surface area is 245 Å². The van der Waals surface area contributed by atoms with Crippen molar-refractivity contribution in [2.24, 2.45) is 0 Å². The van der Waals surface area contributed by atoms with Crippen molar-refractivity contribution < 1.29 is 27.5 Å². The molecule has 1 aliphatic rings. The summed E-state index contributed by atoms with van der Waals surface area (Å²) in [7, 11) is -3.78. The second-order valence-electron chi connectivity index (χ2n) is 9.80. The first kappa shape index (κ1) is 28.8. The van der Waals surface area contributed by atoms with Crippen LogP contribution in [0.1, 0.15) is 24.1 Å². The van der Waals surface area contributed by atoms with Crippen LogP contribution in [-0.4, -0.2) is 39.5 Å². The smallest absolute Gasteiger partial charge is 0.265 e. The van der Waals surface area contributed by atoms with Gasteiger partial charge in [0.2, 0.25) is 10.0 Å². The van der Waals surface area contributed by atoms with E-state index in [0.29, 0.717) is 23.7 Å². The normalized spacial score (nSPS) is 15.2. The van der Waals surface area contributed by atoms with Gasteiger partial charge < -0.3 is 19.7 Å². The highest BCUT2D eigenvalue weighted by molar-refractivity contribution is 7.89. The van der Waals surface area contributed by atoms with Crippen LogP contribution < -0.4 is 24.4 Å².